The maximum absolute atomic E-state index is 11.4. The first-order valence-electron chi connectivity index (χ1n) is 4.37. The number of aromatic nitrogens is 1. The second-order valence-corrected chi connectivity index (χ2v) is 3.51. The summed E-state index contributed by atoms with van der Waals surface area (Å²) in [6, 6.07) is 4.88. The zero-order valence-corrected chi connectivity index (χ0v) is 8.95. The molecule has 1 heterocycles. The Morgan fingerprint density at radius 3 is 2.93 bits per heavy atom. The minimum absolute atomic E-state index is 0.0751. The molecular formula is C10H9NO3S. The number of aryl methyl sites for hydroxylation is 1. The lowest BCUT2D eigenvalue weighted by Crippen LogP contribution is -2.08. The van der Waals surface area contributed by atoms with Crippen LogP contribution in [-0.2, 0) is 7.05 Å². The van der Waals surface area contributed by atoms with E-state index in [2.05, 4.69) is 12.6 Å². The van der Waals surface area contributed by atoms with E-state index in [1.54, 1.807) is 25.2 Å². The van der Waals surface area contributed by atoms with Crippen LogP contribution in [-0.4, -0.2) is 16.1 Å². The molecule has 0 atom stereocenters. The van der Waals surface area contributed by atoms with Gasteiger partial charge in [0.2, 0.25) is 0 Å². The van der Waals surface area contributed by atoms with Crippen LogP contribution in [0.4, 0.5) is 0 Å². The molecule has 0 radical (unpaired) electrons. The van der Waals surface area contributed by atoms with Gasteiger partial charge in [-0.15, -0.1) is 0 Å². The molecule has 0 saturated heterocycles. The molecule has 2 aromatic rings. The predicted molar refractivity (Wildman–Crippen MR) is 59.6 cm³/mol. The fourth-order valence-electron chi connectivity index (χ4n) is 1.39. The van der Waals surface area contributed by atoms with Crippen molar-refractivity contribution in [2.75, 3.05) is 5.75 Å². The van der Waals surface area contributed by atoms with E-state index < -0.39 is 5.76 Å². The molecule has 2 rings (SSSR count). The average Bonchev–Trinajstić information content (AvgIpc) is 2.54. The molecule has 0 fully saturated rings. The Morgan fingerprint density at radius 2 is 2.27 bits per heavy atom. The van der Waals surface area contributed by atoms with Crippen molar-refractivity contribution in [3.8, 4) is 0 Å². The van der Waals surface area contributed by atoms with Gasteiger partial charge in [-0.2, -0.15) is 12.6 Å². The highest BCUT2D eigenvalue weighted by Gasteiger charge is 2.09. The molecule has 0 unspecified atom stereocenters. The molecule has 1 aromatic heterocycles. The molecule has 1 aromatic carbocycles. The monoisotopic (exact) mass is 223 g/mol. The summed E-state index contributed by atoms with van der Waals surface area (Å²) in [5, 5.41) is 0. The summed E-state index contributed by atoms with van der Waals surface area (Å²) in [5.74, 6) is -0.355. The summed E-state index contributed by atoms with van der Waals surface area (Å²) in [6.07, 6.45) is 0. The van der Waals surface area contributed by atoms with Gasteiger partial charge >= 0.3 is 5.76 Å². The molecule has 0 saturated carbocycles. The molecule has 0 spiro atoms. The predicted octanol–water partition coefficient (Wildman–Crippen LogP) is 1.24. The summed E-state index contributed by atoms with van der Waals surface area (Å²) in [7, 11) is 1.60. The first-order chi connectivity index (χ1) is 7.13. The Labute approximate surface area is 90.9 Å². The van der Waals surface area contributed by atoms with Gasteiger partial charge in [0, 0.05) is 12.6 Å². The lowest BCUT2D eigenvalue weighted by Gasteiger charge is -1.97. The number of oxazole rings is 1. The topological polar surface area (TPSA) is 52.2 Å². The number of hydrogen-bond acceptors (Lipinski definition) is 4. The third-order valence-corrected chi connectivity index (χ3v) is 2.54. The molecule has 0 bridgehead atoms. The number of hydrogen-bond donors (Lipinski definition) is 1. The number of benzene rings is 1. The summed E-state index contributed by atoms with van der Waals surface area (Å²) in [6.45, 7) is 0. The van der Waals surface area contributed by atoms with Gasteiger partial charge < -0.3 is 4.42 Å². The molecule has 78 valence electrons. The number of carbonyl (C=O) groups is 1. The van der Waals surface area contributed by atoms with Crippen LogP contribution in [0.2, 0.25) is 0 Å². The normalized spacial score (nSPS) is 10.8. The Hall–Kier alpha value is -1.49. The van der Waals surface area contributed by atoms with Crippen LogP contribution in [0.1, 0.15) is 10.4 Å². The van der Waals surface area contributed by atoms with Gasteiger partial charge in [-0.3, -0.25) is 9.36 Å². The summed E-state index contributed by atoms with van der Waals surface area (Å²) >= 11 is 3.91. The summed E-state index contributed by atoms with van der Waals surface area (Å²) in [4.78, 5) is 22.6. The molecule has 0 amide bonds. The van der Waals surface area contributed by atoms with Crippen LogP contribution < -0.4 is 5.76 Å². The van der Waals surface area contributed by atoms with E-state index in [1.807, 2.05) is 0 Å². The molecule has 5 heteroatoms. The first kappa shape index (κ1) is 10.0. The Morgan fingerprint density at radius 1 is 1.53 bits per heavy atom. The van der Waals surface area contributed by atoms with Crippen molar-refractivity contribution in [2.45, 2.75) is 0 Å². The Bertz CT molecular complexity index is 582. The molecule has 0 aliphatic carbocycles. The number of rotatable bonds is 2. The number of thiol groups is 1. The maximum atomic E-state index is 11.4. The number of Topliss-reactive ketones (excluding diaryl/α,β-unsaturated/α-hetero) is 1. The molecule has 0 N–H and O–H groups in total. The SMILES string of the molecule is Cn1c(=O)oc2ccc(C(=O)CS)cc21. The first-order valence-corrected chi connectivity index (χ1v) is 5.00. The van der Waals surface area contributed by atoms with Crippen LogP contribution in [0.3, 0.4) is 0 Å². The van der Waals surface area contributed by atoms with E-state index in [-0.39, 0.29) is 11.5 Å². The zero-order valence-electron chi connectivity index (χ0n) is 8.06. The smallest absolute Gasteiger partial charge is 0.408 e. The van der Waals surface area contributed by atoms with Gasteiger partial charge in [0.15, 0.2) is 11.4 Å². The minimum atomic E-state index is -0.430. The van der Waals surface area contributed by atoms with Gasteiger partial charge in [-0.05, 0) is 18.2 Å². The van der Waals surface area contributed by atoms with Gasteiger partial charge in [0.05, 0.1) is 11.3 Å². The van der Waals surface area contributed by atoms with E-state index in [4.69, 9.17) is 4.42 Å². The molecule has 0 aliphatic heterocycles. The zero-order chi connectivity index (χ0) is 11.0. The van der Waals surface area contributed by atoms with Crippen molar-refractivity contribution in [2.24, 2.45) is 7.05 Å². The number of nitrogens with zero attached hydrogens (tertiary/aromatic N) is 1. The van der Waals surface area contributed by atoms with Crippen molar-refractivity contribution in [3.63, 3.8) is 0 Å². The van der Waals surface area contributed by atoms with E-state index >= 15 is 0 Å². The fraction of sp³-hybridized carbons (Fsp3) is 0.200. The largest absolute Gasteiger partial charge is 0.419 e. The van der Waals surface area contributed by atoms with Gasteiger partial charge in [-0.1, -0.05) is 0 Å². The van der Waals surface area contributed by atoms with Crippen molar-refractivity contribution in [3.05, 3.63) is 34.3 Å². The van der Waals surface area contributed by atoms with Crippen LogP contribution in [0, 0.1) is 0 Å². The lowest BCUT2D eigenvalue weighted by atomic mass is 10.1. The quantitative estimate of drug-likeness (QED) is 0.615. The average molecular weight is 223 g/mol. The molecular weight excluding hydrogens is 214 g/mol. The molecule has 0 aliphatic rings. The second kappa shape index (κ2) is 3.58. The highest BCUT2D eigenvalue weighted by atomic mass is 32.1. The standard InChI is InChI=1S/C10H9NO3S/c1-11-7-4-6(8(12)5-15)2-3-9(7)14-10(11)13/h2-4,15H,5H2,1H3. The number of ketones is 1. The number of carbonyl (C=O) groups excluding carboxylic acids is 1. The Kier molecular flexibility index (Phi) is 2.40. The van der Waals surface area contributed by atoms with Gasteiger partial charge in [0.1, 0.15) is 0 Å². The lowest BCUT2D eigenvalue weighted by molar-refractivity contribution is 0.102. The number of fused-ring (bicyclic) bond motifs is 1. The van der Waals surface area contributed by atoms with Crippen molar-refractivity contribution in [1.82, 2.24) is 4.57 Å². The summed E-state index contributed by atoms with van der Waals surface area (Å²) in [5.41, 5.74) is 1.64. The third-order valence-electron chi connectivity index (χ3n) is 2.26. The van der Waals surface area contributed by atoms with E-state index in [0.717, 1.165) is 0 Å². The van der Waals surface area contributed by atoms with Crippen LogP contribution in [0.25, 0.3) is 11.1 Å². The van der Waals surface area contributed by atoms with E-state index in [0.29, 0.717) is 16.7 Å². The molecule has 4 nitrogen and oxygen atoms in total. The van der Waals surface area contributed by atoms with E-state index in [1.165, 1.54) is 4.57 Å². The summed E-state index contributed by atoms with van der Waals surface area (Å²) < 4.78 is 6.31. The second-order valence-electron chi connectivity index (χ2n) is 3.19. The maximum Gasteiger partial charge on any atom is 0.419 e. The van der Waals surface area contributed by atoms with Crippen molar-refractivity contribution >= 4 is 29.5 Å². The highest BCUT2D eigenvalue weighted by molar-refractivity contribution is 7.81. The van der Waals surface area contributed by atoms with Crippen molar-refractivity contribution < 1.29 is 9.21 Å². The van der Waals surface area contributed by atoms with Gasteiger partial charge in [0.25, 0.3) is 0 Å². The van der Waals surface area contributed by atoms with Crippen LogP contribution >= 0.6 is 12.6 Å². The van der Waals surface area contributed by atoms with Crippen LogP contribution in [0.15, 0.2) is 27.4 Å². The van der Waals surface area contributed by atoms with Gasteiger partial charge in [-0.25, -0.2) is 4.79 Å². The fourth-order valence-corrected chi connectivity index (χ4v) is 1.57. The minimum Gasteiger partial charge on any atom is -0.408 e. The van der Waals surface area contributed by atoms with E-state index in [9.17, 15) is 9.59 Å². The third kappa shape index (κ3) is 1.59. The van der Waals surface area contributed by atoms with Crippen LogP contribution in [0.5, 0.6) is 0 Å². The molecule has 15 heavy (non-hydrogen) atoms. The highest BCUT2D eigenvalue weighted by Crippen LogP contribution is 2.14. The van der Waals surface area contributed by atoms with Crippen molar-refractivity contribution in [1.29, 1.82) is 0 Å². The Balaban J connectivity index is 2.69.